The van der Waals surface area contributed by atoms with Crippen molar-refractivity contribution < 1.29 is 9.59 Å². The van der Waals surface area contributed by atoms with E-state index in [0.717, 1.165) is 31.6 Å². The topological polar surface area (TPSA) is 67.2 Å². The van der Waals surface area contributed by atoms with Gasteiger partial charge in [-0.3, -0.25) is 9.59 Å². The summed E-state index contributed by atoms with van der Waals surface area (Å²) in [6.07, 6.45) is 5.25. The number of para-hydroxylation sites is 1. The van der Waals surface area contributed by atoms with Crippen molar-refractivity contribution in [3.63, 3.8) is 0 Å². The molecule has 0 unspecified atom stereocenters. The monoisotopic (exact) mass is 298 g/mol. The lowest BCUT2D eigenvalue weighted by molar-refractivity contribution is -0.129. The van der Waals surface area contributed by atoms with Crippen molar-refractivity contribution in [1.82, 2.24) is 20.0 Å². The molecule has 1 aliphatic heterocycles. The number of rotatable bonds is 4. The molecule has 0 atom stereocenters. The van der Waals surface area contributed by atoms with Crippen LogP contribution in [-0.2, 0) is 4.79 Å². The largest absolute Gasteiger partial charge is 0.343 e. The number of hydrogen-bond donors (Lipinski definition) is 1. The van der Waals surface area contributed by atoms with E-state index < -0.39 is 0 Å². The third-order valence-corrected chi connectivity index (χ3v) is 3.72. The molecule has 22 heavy (non-hydrogen) atoms. The lowest BCUT2D eigenvalue weighted by atomic mass is 10.3. The summed E-state index contributed by atoms with van der Waals surface area (Å²) in [5, 5.41) is 6.83. The highest BCUT2D eigenvalue weighted by atomic mass is 16.2. The van der Waals surface area contributed by atoms with Gasteiger partial charge in [0, 0.05) is 19.3 Å². The fourth-order valence-electron chi connectivity index (χ4n) is 2.50. The number of benzene rings is 1. The minimum atomic E-state index is -0.283. The van der Waals surface area contributed by atoms with Gasteiger partial charge in [0.05, 0.1) is 24.0 Å². The van der Waals surface area contributed by atoms with Crippen LogP contribution in [-0.4, -0.2) is 46.1 Å². The highest BCUT2D eigenvalue weighted by Gasteiger charge is 2.18. The van der Waals surface area contributed by atoms with Crippen molar-refractivity contribution in [2.45, 2.75) is 12.8 Å². The quantitative estimate of drug-likeness (QED) is 0.923. The number of aromatic nitrogens is 2. The van der Waals surface area contributed by atoms with Crippen LogP contribution in [0.3, 0.4) is 0 Å². The highest BCUT2D eigenvalue weighted by Crippen LogP contribution is 2.08. The Bertz CT molecular complexity index is 660. The van der Waals surface area contributed by atoms with Gasteiger partial charge in [-0.25, -0.2) is 4.68 Å². The second kappa shape index (κ2) is 6.43. The number of carbonyl (C=O) groups is 2. The van der Waals surface area contributed by atoms with Crippen LogP contribution in [0.5, 0.6) is 0 Å². The van der Waals surface area contributed by atoms with Gasteiger partial charge in [-0.15, -0.1) is 0 Å². The Morgan fingerprint density at radius 3 is 2.59 bits per heavy atom. The van der Waals surface area contributed by atoms with Crippen LogP contribution >= 0.6 is 0 Å². The van der Waals surface area contributed by atoms with Crippen LogP contribution in [0.2, 0.25) is 0 Å². The first-order valence-electron chi connectivity index (χ1n) is 7.40. The zero-order chi connectivity index (χ0) is 15.4. The number of carbonyl (C=O) groups excluding carboxylic acids is 2. The van der Waals surface area contributed by atoms with Crippen molar-refractivity contribution >= 4 is 11.8 Å². The SMILES string of the molecule is O=C(NCC(=O)N1CCCC1)c1cnn(-c2ccccc2)c1. The molecule has 0 radical (unpaired) electrons. The van der Waals surface area contributed by atoms with E-state index >= 15 is 0 Å². The molecule has 1 saturated heterocycles. The highest BCUT2D eigenvalue weighted by molar-refractivity contribution is 5.96. The Morgan fingerprint density at radius 1 is 1.14 bits per heavy atom. The van der Waals surface area contributed by atoms with Gasteiger partial charge in [0.25, 0.3) is 5.91 Å². The molecule has 2 aromatic rings. The van der Waals surface area contributed by atoms with Gasteiger partial charge < -0.3 is 10.2 Å². The molecule has 114 valence electrons. The number of nitrogens with zero attached hydrogens (tertiary/aromatic N) is 3. The predicted octanol–water partition coefficient (Wildman–Crippen LogP) is 1.22. The van der Waals surface area contributed by atoms with E-state index in [4.69, 9.17) is 0 Å². The molecule has 0 spiro atoms. The van der Waals surface area contributed by atoms with Crippen LogP contribution in [0.4, 0.5) is 0 Å². The van der Waals surface area contributed by atoms with Crippen molar-refractivity contribution in [2.75, 3.05) is 19.6 Å². The average molecular weight is 298 g/mol. The summed E-state index contributed by atoms with van der Waals surface area (Å²) < 4.78 is 1.64. The minimum Gasteiger partial charge on any atom is -0.343 e. The summed E-state index contributed by atoms with van der Waals surface area (Å²) >= 11 is 0. The molecule has 1 fully saturated rings. The van der Waals surface area contributed by atoms with E-state index in [1.54, 1.807) is 15.8 Å². The van der Waals surface area contributed by atoms with Crippen LogP contribution in [0.1, 0.15) is 23.2 Å². The predicted molar refractivity (Wildman–Crippen MR) is 81.7 cm³/mol. The Morgan fingerprint density at radius 2 is 1.86 bits per heavy atom. The van der Waals surface area contributed by atoms with Crippen molar-refractivity contribution in [2.24, 2.45) is 0 Å². The van der Waals surface area contributed by atoms with Crippen molar-refractivity contribution in [3.8, 4) is 5.69 Å². The number of likely N-dealkylation sites (tertiary alicyclic amines) is 1. The standard InChI is InChI=1S/C16H18N4O2/c21-15(19-8-4-5-9-19)11-17-16(22)13-10-18-20(12-13)14-6-2-1-3-7-14/h1-3,6-7,10,12H,4-5,8-9,11H2,(H,17,22). The summed E-state index contributed by atoms with van der Waals surface area (Å²) in [5.74, 6) is -0.309. The van der Waals surface area contributed by atoms with Crippen LogP contribution in [0.25, 0.3) is 5.69 Å². The first kappa shape index (κ1) is 14.3. The summed E-state index contributed by atoms with van der Waals surface area (Å²) in [7, 11) is 0. The normalized spacial score (nSPS) is 14.1. The third kappa shape index (κ3) is 3.16. The van der Waals surface area contributed by atoms with Gasteiger partial charge in [0.2, 0.25) is 5.91 Å². The van der Waals surface area contributed by atoms with E-state index in [1.165, 1.54) is 6.20 Å². The molecule has 1 aromatic heterocycles. The summed E-state index contributed by atoms with van der Waals surface area (Å²) in [6, 6.07) is 9.55. The van der Waals surface area contributed by atoms with E-state index in [2.05, 4.69) is 10.4 Å². The lowest BCUT2D eigenvalue weighted by Crippen LogP contribution is -2.38. The molecule has 3 rings (SSSR count). The maximum atomic E-state index is 12.1. The minimum absolute atomic E-state index is 0.0266. The van der Waals surface area contributed by atoms with Gasteiger partial charge in [-0.05, 0) is 25.0 Å². The Kier molecular flexibility index (Phi) is 4.18. The molecule has 6 nitrogen and oxygen atoms in total. The van der Waals surface area contributed by atoms with Gasteiger partial charge in [-0.2, -0.15) is 5.10 Å². The fraction of sp³-hybridized carbons (Fsp3) is 0.312. The number of hydrogen-bond acceptors (Lipinski definition) is 3. The molecule has 0 saturated carbocycles. The summed E-state index contributed by atoms with van der Waals surface area (Å²) in [4.78, 5) is 25.8. The maximum absolute atomic E-state index is 12.1. The molecule has 0 bridgehead atoms. The van der Waals surface area contributed by atoms with Crippen LogP contribution < -0.4 is 5.32 Å². The Hall–Kier alpha value is -2.63. The van der Waals surface area contributed by atoms with Crippen LogP contribution in [0, 0.1) is 0 Å². The Balaban J connectivity index is 1.59. The van der Waals surface area contributed by atoms with E-state index in [9.17, 15) is 9.59 Å². The number of amides is 2. The average Bonchev–Trinajstić information content (AvgIpc) is 3.24. The number of nitrogens with one attached hydrogen (secondary N) is 1. The molecule has 1 aliphatic rings. The summed E-state index contributed by atoms with van der Waals surface area (Å²) in [6.45, 7) is 1.62. The van der Waals surface area contributed by atoms with Gasteiger partial charge in [0.1, 0.15) is 0 Å². The first-order chi connectivity index (χ1) is 10.7. The smallest absolute Gasteiger partial charge is 0.254 e. The van der Waals surface area contributed by atoms with E-state index in [0.29, 0.717) is 5.56 Å². The maximum Gasteiger partial charge on any atom is 0.254 e. The zero-order valence-corrected chi connectivity index (χ0v) is 12.2. The second-order valence-corrected chi connectivity index (χ2v) is 5.28. The molecule has 2 heterocycles. The molecular weight excluding hydrogens is 280 g/mol. The van der Waals surface area contributed by atoms with Gasteiger partial charge >= 0.3 is 0 Å². The van der Waals surface area contributed by atoms with Crippen molar-refractivity contribution in [3.05, 3.63) is 48.3 Å². The first-order valence-corrected chi connectivity index (χ1v) is 7.40. The third-order valence-electron chi connectivity index (χ3n) is 3.72. The molecule has 1 N–H and O–H groups in total. The summed E-state index contributed by atoms with van der Waals surface area (Å²) in [5.41, 5.74) is 1.33. The zero-order valence-electron chi connectivity index (χ0n) is 12.2. The Labute approximate surface area is 128 Å². The molecule has 2 amide bonds. The fourth-order valence-corrected chi connectivity index (χ4v) is 2.50. The van der Waals surface area contributed by atoms with E-state index in [-0.39, 0.29) is 18.4 Å². The molecular formula is C16H18N4O2. The van der Waals surface area contributed by atoms with Crippen molar-refractivity contribution in [1.29, 1.82) is 0 Å². The van der Waals surface area contributed by atoms with E-state index in [1.807, 2.05) is 30.3 Å². The molecule has 0 aliphatic carbocycles. The molecule has 1 aromatic carbocycles. The molecule has 6 heteroatoms. The van der Waals surface area contributed by atoms with Gasteiger partial charge in [0.15, 0.2) is 0 Å². The second-order valence-electron chi connectivity index (χ2n) is 5.28. The lowest BCUT2D eigenvalue weighted by Gasteiger charge is -2.15. The van der Waals surface area contributed by atoms with Gasteiger partial charge in [-0.1, -0.05) is 18.2 Å². The van der Waals surface area contributed by atoms with Crippen LogP contribution in [0.15, 0.2) is 42.7 Å².